The van der Waals surface area contributed by atoms with E-state index in [0.29, 0.717) is 32.0 Å². The van der Waals surface area contributed by atoms with Crippen LogP contribution in [0.15, 0.2) is 24.3 Å². The molecular weight excluding hydrogens is 306 g/mol. The monoisotopic (exact) mass is 327 g/mol. The van der Waals surface area contributed by atoms with Crippen LogP contribution in [-0.4, -0.2) is 60.5 Å². The van der Waals surface area contributed by atoms with E-state index in [1.807, 2.05) is 29.3 Å². The lowest BCUT2D eigenvalue weighted by atomic mass is 10.1. The highest BCUT2D eigenvalue weighted by molar-refractivity contribution is 6.07. The number of fused-ring (bicyclic) bond motifs is 1. The Morgan fingerprint density at radius 2 is 1.71 bits per heavy atom. The van der Waals surface area contributed by atoms with Crippen molar-refractivity contribution >= 4 is 22.5 Å². The number of amides is 1. The molecule has 2 aliphatic rings. The van der Waals surface area contributed by atoms with Gasteiger partial charge in [0.15, 0.2) is 11.5 Å². The molecule has 7 heteroatoms. The maximum atomic E-state index is 12.6. The van der Waals surface area contributed by atoms with Crippen molar-refractivity contribution in [2.75, 3.05) is 44.3 Å². The zero-order valence-corrected chi connectivity index (χ0v) is 13.6. The van der Waals surface area contributed by atoms with Crippen molar-refractivity contribution in [3.05, 3.63) is 30.0 Å². The van der Waals surface area contributed by atoms with Gasteiger partial charge in [0.2, 0.25) is 0 Å². The lowest BCUT2D eigenvalue weighted by Crippen LogP contribution is -2.48. The van der Waals surface area contributed by atoms with E-state index >= 15 is 0 Å². The molecule has 0 unspecified atom stereocenters. The van der Waals surface area contributed by atoms with E-state index in [4.69, 9.17) is 4.74 Å². The SMILES string of the molecule is O=C(NN1CCOCC1)c1nnc(N2CCCC2)c2ccccc12. The van der Waals surface area contributed by atoms with Crippen molar-refractivity contribution in [2.45, 2.75) is 12.8 Å². The Kier molecular flexibility index (Phi) is 4.27. The van der Waals surface area contributed by atoms with Crippen LogP contribution in [-0.2, 0) is 4.74 Å². The normalized spacial score (nSPS) is 18.9. The van der Waals surface area contributed by atoms with Crippen molar-refractivity contribution < 1.29 is 9.53 Å². The van der Waals surface area contributed by atoms with Gasteiger partial charge in [-0.1, -0.05) is 24.3 Å². The van der Waals surface area contributed by atoms with Gasteiger partial charge >= 0.3 is 0 Å². The summed E-state index contributed by atoms with van der Waals surface area (Å²) in [4.78, 5) is 14.9. The number of morpholine rings is 1. The van der Waals surface area contributed by atoms with Gasteiger partial charge in [0.05, 0.1) is 13.2 Å². The zero-order chi connectivity index (χ0) is 16.4. The average Bonchev–Trinajstić information content (AvgIpc) is 3.16. The molecular formula is C17H21N5O2. The lowest BCUT2D eigenvalue weighted by Gasteiger charge is -2.27. The first kappa shape index (κ1) is 15.3. The maximum Gasteiger partial charge on any atom is 0.286 e. The number of hydrogen-bond acceptors (Lipinski definition) is 6. The molecule has 4 rings (SSSR count). The van der Waals surface area contributed by atoms with Crippen LogP contribution >= 0.6 is 0 Å². The molecule has 2 fully saturated rings. The predicted octanol–water partition coefficient (Wildman–Crippen LogP) is 1.21. The highest BCUT2D eigenvalue weighted by atomic mass is 16.5. The van der Waals surface area contributed by atoms with Crippen LogP contribution < -0.4 is 10.3 Å². The van der Waals surface area contributed by atoms with Crippen LogP contribution in [0.2, 0.25) is 0 Å². The standard InChI is InChI=1S/C17H21N5O2/c23-17(20-22-9-11-24-12-10-22)15-13-5-1-2-6-14(13)16(19-18-15)21-7-3-4-8-21/h1-2,5-6H,3-4,7-12H2,(H,20,23). The molecule has 7 nitrogen and oxygen atoms in total. The third kappa shape index (κ3) is 2.92. The van der Waals surface area contributed by atoms with Gasteiger partial charge in [0, 0.05) is 37.0 Å². The Balaban J connectivity index is 1.65. The van der Waals surface area contributed by atoms with E-state index < -0.39 is 0 Å². The molecule has 2 saturated heterocycles. The minimum absolute atomic E-state index is 0.214. The Morgan fingerprint density at radius 3 is 2.46 bits per heavy atom. The fourth-order valence-corrected chi connectivity index (χ4v) is 3.29. The Bertz CT molecular complexity index is 739. The second kappa shape index (κ2) is 6.70. The number of hydrogen-bond donors (Lipinski definition) is 1. The number of anilines is 1. The van der Waals surface area contributed by atoms with Crippen LogP contribution in [0.1, 0.15) is 23.3 Å². The van der Waals surface area contributed by atoms with E-state index in [2.05, 4.69) is 20.5 Å². The molecule has 0 aliphatic carbocycles. The second-order valence-electron chi connectivity index (χ2n) is 6.15. The molecule has 3 heterocycles. The Labute approximate surface area is 140 Å². The van der Waals surface area contributed by atoms with Crippen molar-refractivity contribution in [3.8, 4) is 0 Å². The zero-order valence-electron chi connectivity index (χ0n) is 13.6. The molecule has 0 bridgehead atoms. The van der Waals surface area contributed by atoms with Crippen molar-refractivity contribution in [1.29, 1.82) is 0 Å². The van der Waals surface area contributed by atoms with Crippen molar-refractivity contribution in [3.63, 3.8) is 0 Å². The number of carbonyl (C=O) groups is 1. The third-order valence-electron chi connectivity index (χ3n) is 4.56. The molecule has 0 saturated carbocycles. The molecule has 1 aromatic carbocycles. The maximum absolute atomic E-state index is 12.6. The summed E-state index contributed by atoms with van der Waals surface area (Å²) in [5.74, 6) is 0.666. The second-order valence-corrected chi connectivity index (χ2v) is 6.15. The number of nitrogens with zero attached hydrogens (tertiary/aromatic N) is 4. The highest BCUT2D eigenvalue weighted by Crippen LogP contribution is 2.28. The first-order valence-electron chi connectivity index (χ1n) is 8.47. The van der Waals surface area contributed by atoms with Gasteiger partial charge in [-0.25, -0.2) is 5.01 Å². The molecule has 24 heavy (non-hydrogen) atoms. The summed E-state index contributed by atoms with van der Waals surface area (Å²) in [6, 6.07) is 7.87. The van der Waals surface area contributed by atoms with Gasteiger partial charge in [0.25, 0.3) is 5.91 Å². The Morgan fingerprint density at radius 1 is 1.00 bits per heavy atom. The van der Waals surface area contributed by atoms with E-state index in [9.17, 15) is 4.79 Å². The van der Waals surface area contributed by atoms with Crippen molar-refractivity contribution in [1.82, 2.24) is 20.6 Å². The third-order valence-corrected chi connectivity index (χ3v) is 4.56. The summed E-state index contributed by atoms with van der Waals surface area (Å²) < 4.78 is 5.30. The van der Waals surface area contributed by atoms with Gasteiger partial charge < -0.3 is 9.64 Å². The van der Waals surface area contributed by atoms with Crippen LogP contribution in [0.3, 0.4) is 0 Å². The summed E-state index contributed by atoms with van der Waals surface area (Å²) in [7, 11) is 0. The first-order chi connectivity index (χ1) is 11.8. The van der Waals surface area contributed by atoms with E-state index in [-0.39, 0.29) is 5.91 Å². The molecule has 2 aliphatic heterocycles. The van der Waals surface area contributed by atoms with E-state index in [1.165, 1.54) is 12.8 Å². The van der Waals surface area contributed by atoms with E-state index in [1.54, 1.807) is 0 Å². The number of hydrazine groups is 1. The molecule has 0 atom stereocenters. The molecule has 0 spiro atoms. The fraction of sp³-hybridized carbons (Fsp3) is 0.471. The van der Waals surface area contributed by atoms with Gasteiger partial charge in [-0.3, -0.25) is 10.2 Å². The van der Waals surface area contributed by atoms with Crippen LogP contribution in [0, 0.1) is 0 Å². The number of ether oxygens (including phenoxy) is 1. The molecule has 1 N–H and O–H groups in total. The van der Waals surface area contributed by atoms with Crippen LogP contribution in [0.5, 0.6) is 0 Å². The van der Waals surface area contributed by atoms with E-state index in [0.717, 1.165) is 29.7 Å². The topological polar surface area (TPSA) is 70.6 Å². The number of benzene rings is 1. The van der Waals surface area contributed by atoms with Crippen molar-refractivity contribution in [2.24, 2.45) is 0 Å². The predicted molar refractivity (Wildman–Crippen MR) is 90.8 cm³/mol. The summed E-state index contributed by atoms with van der Waals surface area (Å²) >= 11 is 0. The van der Waals surface area contributed by atoms with Gasteiger partial charge in [-0.2, -0.15) is 0 Å². The molecule has 126 valence electrons. The smallest absolute Gasteiger partial charge is 0.286 e. The first-order valence-corrected chi connectivity index (χ1v) is 8.47. The number of rotatable bonds is 3. The molecule has 2 aromatic rings. The average molecular weight is 327 g/mol. The minimum atomic E-state index is -0.214. The van der Waals surface area contributed by atoms with Gasteiger partial charge in [-0.15, -0.1) is 10.2 Å². The molecule has 0 radical (unpaired) electrons. The number of nitrogens with one attached hydrogen (secondary N) is 1. The number of carbonyl (C=O) groups excluding carboxylic acids is 1. The Hall–Kier alpha value is -2.25. The van der Waals surface area contributed by atoms with Gasteiger partial charge in [0.1, 0.15) is 0 Å². The minimum Gasteiger partial charge on any atom is -0.379 e. The molecule has 1 amide bonds. The molecule has 1 aromatic heterocycles. The lowest BCUT2D eigenvalue weighted by molar-refractivity contribution is 0.0125. The quantitative estimate of drug-likeness (QED) is 0.914. The largest absolute Gasteiger partial charge is 0.379 e. The van der Waals surface area contributed by atoms with Crippen LogP contribution in [0.25, 0.3) is 10.8 Å². The highest BCUT2D eigenvalue weighted by Gasteiger charge is 2.22. The summed E-state index contributed by atoms with van der Waals surface area (Å²) in [6.45, 7) is 4.61. The summed E-state index contributed by atoms with van der Waals surface area (Å²) in [6.07, 6.45) is 2.35. The summed E-state index contributed by atoms with van der Waals surface area (Å²) in [5, 5.41) is 12.3. The number of aromatic nitrogens is 2. The fourth-order valence-electron chi connectivity index (χ4n) is 3.29. The van der Waals surface area contributed by atoms with Crippen LogP contribution in [0.4, 0.5) is 5.82 Å². The van der Waals surface area contributed by atoms with Gasteiger partial charge in [-0.05, 0) is 12.8 Å². The summed E-state index contributed by atoms with van der Waals surface area (Å²) in [5.41, 5.74) is 3.29.